The Bertz CT molecular complexity index is 1340. The summed E-state index contributed by atoms with van der Waals surface area (Å²) in [6.07, 6.45) is 27.4. The van der Waals surface area contributed by atoms with Crippen molar-refractivity contribution < 1.29 is 71.8 Å². The molecule has 1 unspecified atom stereocenters. The fourth-order valence-electron chi connectivity index (χ4n) is 4.68. The summed E-state index contributed by atoms with van der Waals surface area (Å²) < 4.78 is 47.4. The highest BCUT2D eigenvalue weighted by Crippen LogP contribution is 2.43. The molecule has 0 amide bonds. The Hall–Kier alpha value is -2.52. The van der Waals surface area contributed by atoms with Gasteiger partial charge < -0.3 is 39.5 Å². The average Bonchev–Trinajstić information content (AvgIpc) is 3.14. The van der Waals surface area contributed by atoms with Crippen molar-refractivity contribution in [3.05, 3.63) is 72.9 Å². The van der Waals surface area contributed by atoms with Gasteiger partial charge in [-0.15, -0.1) is 0 Å². The van der Waals surface area contributed by atoms with E-state index in [-0.39, 0.29) is 12.8 Å². The van der Waals surface area contributed by atoms with E-state index in [0.717, 1.165) is 32.1 Å². The number of unbranched alkanes of at least 4 members (excludes halogenated alkanes) is 6. The summed E-state index contributed by atoms with van der Waals surface area (Å²) in [5.74, 6) is -0.549. The molecule has 0 heterocycles. The van der Waals surface area contributed by atoms with E-state index in [1.807, 2.05) is 37.3 Å². The molecule has 0 radical (unpaired) electrons. The Morgan fingerprint density at radius 2 is 1.26 bits per heavy atom. The van der Waals surface area contributed by atoms with Crippen LogP contribution in [0.2, 0.25) is 0 Å². The molecule has 17 heteroatoms. The van der Waals surface area contributed by atoms with E-state index in [0.29, 0.717) is 38.0 Å². The van der Waals surface area contributed by atoms with Gasteiger partial charge in [0, 0.05) is 12.8 Å². The van der Waals surface area contributed by atoms with Crippen molar-refractivity contribution in [1.29, 1.82) is 0 Å². The lowest BCUT2D eigenvalue weighted by Gasteiger charge is -2.20. The minimum Gasteiger partial charge on any atom is -0.462 e. The zero-order valence-corrected chi connectivity index (χ0v) is 35.6. The molecule has 0 aliphatic carbocycles. The highest BCUT2D eigenvalue weighted by atomic mass is 31.2. The van der Waals surface area contributed by atoms with E-state index < -0.39 is 78.4 Å². The molecular weight excluding hydrogens is 782 g/mol. The van der Waals surface area contributed by atoms with Crippen molar-refractivity contribution in [2.75, 3.05) is 26.4 Å². The van der Waals surface area contributed by atoms with Gasteiger partial charge in [0.1, 0.15) is 12.7 Å². The molecule has 0 aromatic heterocycles. The van der Waals surface area contributed by atoms with Gasteiger partial charge in [0.05, 0.1) is 32.0 Å². The maximum absolute atomic E-state index is 12.6. The van der Waals surface area contributed by atoms with Crippen LogP contribution in [-0.2, 0) is 41.8 Å². The number of carbonyl (C=O) groups excluding carboxylic acids is 2. The molecule has 0 saturated carbocycles. The van der Waals surface area contributed by atoms with Crippen molar-refractivity contribution in [2.45, 2.75) is 135 Å². The second-order valence-electron chi connectivity index (χ2n) is 13.7. The second kappa shape index (κ2) is 34.4. The van der Waals surface area contributed by atoms with Crippen LogP contribution in [0.5, 0.6) is 0 Å². The molecule has 6 N–H and O–H groups in total. The molecule has 0 bridgehead atoms. The van der Waals surface area contributed by atoms with E-state index in [9.17, 15) is 38.9 Å². The number of rotatable bonds is 35. The first-order chi connectivity index (χ1) is 27.0. The van der Waals surface area contributed by atoms with Gasteiger partial charge in [-0.3, -0.25) is 23.2 Å². The van der Waals surface area contributed by atoms with Gasteiger partial charge >= 0.3 is 27.6 Å². The largest absolute Gasteiger partial charge is 0.472 e. The van der Waals surface area contributed by atoms with Crippen molar-refractivity contribution in [1.82, 2.24) is 0 Å². The van der Waals surface area contributed by atoms with Gasteiger partial charge in [0.2, 0.25) is 0 Å². The number of aliphatic hydroxyl groups excluding tert-OH is 3. The van der Waals surface area contributed by atoms with Gasteiger partial charge in [0.25, 0.3) is 0 Å². The second-order valence-corrected chi connectivity index (χ2v) is 16.4. The lowest BCUT2D eigenvalue weighted by atomic mass is 10.0. The molecule has 5 atom stereocenters. The normalized spacial score (nSPS) is 16.1. The zero-order chi connectivity index (χ0) is 42.8. The third-order valence-corrected chi connectivity index (χ3v) is 9.14. The number of carbonyl (C=O) groups is 2. The molecule has 328 valence electrons. The molecule has 57 heavy (non-hydrogen) atoms. The smallest absolute Gasteiger partial charge is 0.462 e. The molecule has 0 rings (SSSR count). The summed E-state index contributed by atoms with van der Waals surface area (Å²) in [5, 5.41) is 29.7. The number of phosphoric ester groups is 2. The van der Waals surface area contributed by atoms with Crippen LogP contribution in [0, 0.1) is 5.92 Å². The highest BCUT2D eigenvalue weighted by Gasteiger charge is 2.28. The standard InChI is InChI=1S/C40H68O15P2/c1-4-5-16-24-35(41)25-18-12-7-6-8-13-19-26-36(42)27-20-15-22-29-40(45)55-38(32-51-39(44)28-21-14-10-9-11-17-23-34(2)3)33-54-57(49,50)53-31-37(43)30-52-56(46,47)48/h5,7-8,12-13,16,18-20,25-27,34-38,41-43H,4,6,9-11,14-15,17,21-24,28-33H2,1-3H3,(H,49,50)(H2,46,47,48)/b12-7-,13-8-,16-5-,25-18+,26-19+,27-20-/t35-,36-,37-,38+/m0/s1. The summed E-state index contributed by atoms with van der Waals surface area (Å²) >= 11 is 0. The maximum atomic E-state index is 12.6. The molecular formula is C40H68O15P2. The number of esters is 2. The lowest BCUT2D eigenvalue weighted by Crippen LogP contribution is -2.29. The number of aliphatic hydroxyl groups is 3. The number of hydrogen-bond acceptors (Lipinski definition) is 12. The zero-order valence-electron chi connectivity index (χ0n) is 33.8. The topological polar surface area (TPSA) is 236 Å². The average molecular weight is 851 g/mol. The Balaban J connectivity index is 4.82. The fraction of sp³-hybridized carbons (Fsp3) is 0.650. The molecule has 0 fully saturated rings. The molecule has 0 saturated heterocycles. The molecule has 0 aliphatic heterocycles. The van der Waals surface area contributed by atoms with Crippen LogP contribution in [0.4, 0.5) is 0 Å². The third-order valence-electron chi connectivity index (χ3n) is 7.70. The molecule has 0 aromatic rings. The van der Waals surface area contributed by atoms with E-state index in [1.54, 1.807) is 42.5 Å². The summed E-state index contributed by atoms with van der Waals surface area (Å²) in [7, 11) is -9.75. The van der Waals surface area contributed by atoms with Gasteiger partial charge in [-0.05, 0) is 44.4 Å². The Morgan fingerprint density at radius 1 is 0.649 bits per heavy atom. The predicted molar refractivity (Wildman–Crippen MR) is 219 cm³/mol. The first kappa shape index (κ1) is 54.5. The Morgan fingerprint density at radius 3 is 1.93 bits per heavy atom. The molecule has 0 spiro atoms. The van der Waals surface area contributed by atoms with Crippen LogP contribution in [0.3, 0.4) is 0 Å². The van der Waals surface area contributed by atoms with Crippen LogP contribution in [0.1, 0.15) is 111 Å². The first-order valence-electron chi connectivity index (χ1n) is 19.7. The monoisotopic (exact) mass is 850 g/mol. The number of hydrogen-bond donors (Lipinski definition) is 6. The van der Waals surface area contributed by atoms with E-state index in [4.69, 9.17) is 23.8 Å². The molecule has 15 nitrogen and oxygen atoms in total. The van der Waals surface area contributed by atoms with E-state index in [2.05, 4.69) is 22.9 Å². The highest BCUT2D eigenvalue weighted by molar-refractivity contribution is 7.47. The maximum Gasteiger partial charge on any atom is 0.472 e. The van der Waals surface area contributed by atoms with Crippen molar-refractivity contribution >= 4 is 27.6 Å². The van der Waals surface area contributed by atoms with Gasteiger partial charge in [0.15, 0.2) is 6.10 Å². The van der Waals surface area contributed by atoms with Crippen molar-refractivity contribution in [3.8, 4) is 0 Å². The minimum atomic E-state index is -4.89. The minimum absolute atomic E-state index is 0.0583. The van der Waals surface area contributed by atoms with Crippen LogP contribution < -0.4 is 0 Å². The summed E-state index contributed by atoms with van der Waals surface area (Å²) in [6, 6.07) is 0. The Labute approximate surface area is 339 Å². The summed E-state index contributed by atoms with van der Waals surface area (Å²) in [6.45, 7) is 3.50. The van der Waals surface area contributed by atoms with E-state index >= 15 is 0 Å². The quantitative estimate of drug-likeness (QED) is 0.0121. The van der Waals surface area contributed by atoms with Gasteiger partial charge in [-0.25, -0.2) is 9.13 Å². The van der Waals surface area contributed by atoms with Gasteiger partial charge in [-0.2, -0.15) is 0 Å². The summed E-state index contributed by atoms with van der Waals surface area (Å²) in [4.78, 5) is 52.4. The third kappa shape index (κ3) is 38.7. The number of ether oxygens (including phenoxy) is 2. The van der Waals surface area contributed by atoms with E-state index in [1.165, 1.54) is 12.8 Å². The predicted octanol–water partition coefficient (Wildman–Crippen LogP) is 7.24. The molecule has 0 aromatic carbocycles. The van der Waals surface area contributed by atoms with Crippen LogP contribution in [-0.4, -0.2) is 92.8 Å². The fourth-order valence-corrected chi connectivity index (χ4v) is 5.84. The molecule has 0 aliphatic rings. The summed E-state index contributed by atoms with van der Waals surface area (Å²) in [5.41, 5.74) is 0. The van der Waals surface area contributed by atoms with Crippen LogP contribution in [0.25, 0.3) is 0 Å². The van der Waals surface area contributed by atoms with Gasteiger partial charge in [-0.1, -0.05) is 132 Å². The first-order valence-corrected chi connectivity index (χ1v) is 22.7. The van der Waals surface area contributed by atoms with Crippen LogP contribution >= 0.6 is 15.6 Å². The lowest BCUT2D eigenvalue weighted by molar-refractivity contribution is -0.161. The van der Waals surface area contributed by atoms with Crippen molar-refractivity contribution in [2.24, 2.45) is 5.92 Å². The number of allylic oxidation sites excluding steroid dienone is 8. The SMILES string of the molecule is CC/C=C\C[C@H](O)/C=C/C=C\C/C=C\C=C\[C@H](O)/C=C\CCCC(=O)O[C@H](COC(=O)CCCCCCCCC(C)C)COP(=O)(O)OC[C@@H](O)COP(=O)(O)O. The van der Waals surface area contributed by atoms with Crippen LogP contribution in [0.15, 0.2) is 72.9 Å². The Kier molecular flexibility index (Phi) is 32.8. The van der Waals surface area contributed by atoms with Crippen molar-refractivity contribution in [3.63, 3.8) is 0 Å². The number of phosphoric acid groups is 2.